The molecule has 0 spiro atoms. The third kappa shape index (κ3) is 3.02. The van der Waals surface area contributed by atoms with Crippen LogP contribution < -0.4 is 10.6 Å². The van der Waals surface area contributed by atoms with E-state index in [9.17, 15) is 0 Å². The summed E-state index contributed by atoms with van der Waals surface area (Å²) in [5.41, 5.74) is 6.53. The molecule has 1 aliphatic rings. The Bertz CT molecular complexity index is 410. The van der Waals surface area contributed by atoms with E-state index in [4.69, 9.17) is 10.5 Å². The summed E-state index contributed by atoms with van der Waals surface area (Å²) in [7, 11) is 0. The molecule has 0 saturated carbocycles. The van der Waals surface area contributed by atoms with E-state index in [1.807, 2.05) is 6.92 Å². The Labute approximate surface area is 113 Å². The minimum atomic E-state index is -0.151. The van der Waals surface area contributed by atoms with Crippen molar-refractivity contribution in [2.24, 2.45) is 5.73 Å². The minimum Gasteiger partial charge on any atom is -0.366 e. The lowest BCUT2D eigenvalue weighted by Crippen LogP contribution is -2.57. The molecule has 4 nitrogen and oxygen atoms in total. The second-order valence-corrected chi connectivity index (χ2v) is 7.16. The van der Waals surface area contributed by atoms with Gasteiger partial charge in [-0.25, -0.2) is 4.98 Å². The van der Waals surface area contributed by atoms with Crippen molar-refractivity contribution >= 4 is 16.5 Å². The van der Waals surface area contributed by atoms with E-state index in [1.165, 1.54) is 0 Å². The van der Waals surface area contributed by atoms with Crippen LogP contribution in [-0.2, 0) is 4.74 Å². The van der Waals surface area contributed by atoms with Gasteiger partial charge in [0, 0.05) is 24.5 Å². The SMILES string of the molecule is CC(N)c1csc(N2CC(C)(C)OC(C)(C)C2)n1. The Morgan fingerprint density at radius 2 is 1.89 bits per heavy atom. The molecule has 2 heterocycles. The smallest absolute Gasteiger partial charge is 0.185 e. The monoisotopic (exact) mass is 269 g/mol. The number of anilines is 1. The van der Waals surface area contributed by atoms with Crippen molar-refractivity contribution in [2.75, 3.05) is 18.0 Å². The number of nitrogens with zero attached hydrogens (tertiary/aromatic N) is 2. The van der Waals surface area contributed by atoms with Crippen LogP contribution in [0.4, 0.5) is 5.13 Å². The van der Waals surface area contributed by atoms with Gasteiger partial charge in [-0.15, -0.1) is 11.3 Å². The van der Waals surface area contributed by atoms with E-state index in [0.29, 0.717) is 0 Å². The van der Waals surface area contributed by atoms with E-state index in [0.717, 1.165) is 23.9 Å². The lowest BCUT2D eigenvalue weighted by molar-refractivity contribution is -0.133. The van der Waals surface area contributed by atoms with Gasteiger partial charge in [0.15, 0.2) is 5.13 Å². The van der Waals surface area contributed by atoms with Crippen molar-refractivity contribution in [2.45, 2.75) is 51.9 Å². The van der Waals surface area contributed by atoms with Crippen LogP contribution in [0.15, 0.2) is 5.38 Å². The standard InChI is InChI=1S/C13H23N3OS/c1-9(14)10-6-18-11(15-10)16-7-12(2,3)17-13(4,5)8-16/h6,9H,7-8,14H2,1-5H3. The maximum absolute atomic E-state index is 6.08. The average Bonchev–Trinajstić information content (AvgIpc) is 2.60. The highest BCUT2D eigenvalue weighted by Crippen LogP contribution is 2.33. The topological polar surface area (TPSA) is 51.4 Å². The molecule has 102 valence electrons. The summed E-state index contributed by atoms with van der Waals surface area (Å²) in [5.74, 6) is 0. The molecule has 1 fully saturated rings. The zero-order valence-corrected chi connectivity index (χ0v) is 12.7. The summed E-state index contributed by atoms with van der Waals surface area (Å²) in [6, 6.07) is -0.00272. The average molecular weight is 269 g/mol. The molecule has 5 heteroatoms. The molecule has 0 aliphatic carbocycles. The van der Waals surface area contributed by atoms with Crippen LogP contribution in [-0.4, -0.2) is 29.3 Å². The van der Waals surface area contributed by atoms with Gasteiger partial charge in [-0.2, -0.15) is 0 Å². The van der Waals surface area contributed by atoms with Gasteiger partial charge in [0.05, 0.1) is 16.9 Å². The van der Waals surface area contributed by atoms with Crippen LogP contribution in [0.25, 0.3) is 0 Å². The Balaban J connectivity index is 2.21. The zero-order chi connectivity index (χ0) is 13.6. The summed E-state index contributed by atoms with van der Waals surface area (Å²) in [4.78, 5) is 6.93. The van der Waals surface area contributed by atoms with Crippen molar-refractivity contribution < 1.29 is 4.74 Å². The molecule has 1 atom stereocenters. The molecule has 2 N–H and O–H groups in total. The number of hydrogen-bond acceptors (Lipinski definition) is 5. The lowest BCUT2D eigenvalue weighted by atomic mass is 9.99. The molecule has 1 aliphatic heterocycles. The van der Waals surface area contributed by atoms with Gasteiger partial charge in [-0.1, -0.05) is 0 Å². The fourth-order valence-corrected chi connectivity index (χ4v) is 3.48. The zero-order valence-electron chi connectivity index (χ0n) is 11.9. The fourth-order valence-electron chi connectivity index (χ4n) is 2.55. The lowest BCUT2D eigenvalue weighted by Gasteiger charge is -2.47. The van der Waals surface area contributed by atoms with Gasteiger partial charge in [-0.3, -0.25) is 0 Å². The maximum Gasteiger partial charge on any atom is 0.185 e. The number of hydrogen-bond donors (Lipinski definition) is 1. The number of ether oxygens (including phenoxy) is 1. The van der Waals surface area contributed by atoms with Crippen molar-refractivity contribution in [1.82, 2.24) is 4.98 Å². The molecule has 0 aromatic carbocycles. The molecule has 1 aromatic heterocycles. The summed E-state index contributed by atoms with van der Waals surface area (Å²) < 4.78 is 6.08. The first-order valence-electron chi connectivity index (χ1n) is 6.35. The first-order valence-corrected chi connectivity index (χ1v) is 7.23. The quantitative estimate of drug-likeness (QED) is 0.896. The molecule has 1 aromatic rings. The minimum absolute atomic E-state index is 0.00272. The second-order valence-electron chi connectivity index (χ2n) is 6.32. The summed E-state index contributed by atoms with van der Waals surface area (Å²) in [6.45, 7) is 12.2. The van der Waals surface area contributed by atoms with Crippen LogP contribution in [0.5, 0.6) is 0 Å². The molecule has 0 amide bonds. The van der Waals surface area contributed by atoms with E-state index < -0.39 is 0 Å². The predicted octanol–water partition coefficient (Wildman–Crippen LogP) is 2.56. The van der Waals surface area contributed by atoms with Gasteiger partial charge >= 0.3 is 0 Å². The normalized spacial score (nSPS) is 24.0. The molecule has 1 saturated heterocycles. The Morgan fingerprint density at radius 3 is 2.33 bits per heavy atom. The second kappa shape index (κ2) is 4.47. The molecular weight excluding hydrogens is 246 g/mol. The third-order valence-corrected chi connectivity index (χ3v) is 3.86. The van der Waals surface area contributed by atoms with E-state index >= 15 is 0 Å². The predicted molar refractivity (Wildman–Crippen MR) is 76.2 cm³/mol. The Morgan fingerprint density at radius 1 is 1.33 bits per heavy atom. The third-order valence-electron chi connectivity index (χ3n) is 2.94. The maximum atomic E-state index is 6.08. The number of nitrogens with two attached hydrogens (primary N) is 1. The van der Waals surface area contributed by atoms with Crippen molar-refractivity contribution in [1.29, 1.82) is 0 Å². The van der Waals surface area contributed by atoms with Gasteiger partial charge in [0.2, 0.25) is 0 Å². The molecule has 0 bridgehead atoms. The summed E-state index contributed by atoms with van der Waals surface area (Å²) in [5, 5.41) is 3.10. The fraction of sp³-hybridized carbons (Fsp3) is 0.769. The van der Waals surface area contributed by atoms with E-state index in [-0.39, 0.29) is 17.2 Å². The largest absolute Gasteiger partial charge is 0.366 e. The highest BCUT2D eigenvalue weighted by atomic mass is 32.1. The molecular formula is C13H23N3OS. The number of morpholine rings is 1. The van der Waals surface area contributed by atoms with E-state index in [1.54, 1.807) is 11.3 Å². The molecule has 0 radical (unpaired) electrons. The number of rotatable bonds is 2. The van der Waals surface area contributed by atoms with Crippen LogP contribution in [0.3, 0.4) is 0 Å². The van der Waals surface area contributed by atoms with Gasteiger partial charge in [-0.05, 0) is 34.6 Å². The van der Waals surface area contributed by atoms with Crippen LogP contribution in [0, 0.1) is 0 Å². The Hall–Kier alpha value is -0.650. The van der Waals surface area contributed by atoms with Crippen LogP contribution in [0.1, 0.15) is 46.4 Å². The highest BCUT2D eigenvalue weighted by Gasteiger charge is 2.39. The van der Waals surface area contributed by atoms with Crippen molar-refractivity contribution in [3.63, 3.8) is 0 Å². The van der Waals surface area contributed by atoms with Gasteiger partial charge in [0.25, 0.3) is 0 Å². The van der Waals surface area contributed by atoms with Gasteiger partial charge < -0.3 is 15.4 Å². The number of thiazole rings is 1. The first kappa shape index (κ1) is 13.8. The number of aromatic nitrogens is 1. The van der Waals surface area contributed by atoms with Crippen molar-refractivity contribution in [3.8, 4) is 0 Å². The molecule has 2 rings (SSSR count). The summed E-state index contributed by atoms with van der Waals surface area (Å²) >= 11 is 1.67. The molecule has 1 unspecified atom stereocenters. The molecule has 18 heavy (non-hydrogen) atoms. The summed E-state index contributed by atoms with van der Waals surface area (Å²) in [6.07, 6.45) is 0. The highest BCUT2D eigenvalue weighted by molar-refractivity contribution is 7.13. The first-order chi connectivity index (χ1) is 8.19. The Kier molecular flexibility index (Phi) is 3.42. The van der Waals surface area contributed by atoms with Gasteiger partial charge in [0.1, 0.15) is 0 Å². The van der Waals surface area contributed by atoms with Crippen LogP contribution in [0.2, 0.25) is 0 Å². The van der Waals surface area contributed by atoms with E-state index in [2.05, 4.69) is 43.0 Å². The van der Waals surface area contributed by atoms with Crippen LogP contribution >= 0.6 is 11.3 Å². The van der Waals surface area contributed by atoms with Crippen molar-refractivity contribution in [3.05, 3.63) is 11.1 Å².